The van der Waals surface area contributed by atoms with Crippen LogP contribution in [0.5, 0.6) is 11.5 Å². The molecule has 0 spiro atoms. The highest BCUT2D eigenvalue weighted by Crippen LogP contribution is 2.35. The molecule has 0 bridgehead atoms. The van der Waals surface area contributed by atoms with Crippen molar-refractivity contribution in [3.8, 4) is 22.9 Å². The summed E-state index contributed by atoms with van der Waals surface area (Å²) in [4.78, 5) is 20.4. The molecule has 0 saturated carbocycles. The molecule has 4 aromatic rings. The average Bonchev–Trinajstić information content (AvgIpc) is 3.53. The molecule has 1 amide bonds. The van der Waals surface area contributed by atoms with Gasteiger partial charge in [0.2, 0.25) is 17.6 Å². The zero-order valence-corrected chi connectivity index (χ0v) is 18.4. The van der Waals surface area contributed by atoms with E-state index in [-0.39, 0.29) is 18.1 Å². The smallest absolute Gasteiger partial charge is 0.227 e. The summed E-state index contributed by atoms with van der Waals surface area (Å²) in [6, 6.07) is 15.3. The van der Waals surface area contributed by atoms with Gasteiger partial charge in [0.15, 0.2) is 11.5 Å². The first-order valence-electron chi connectivity index (χ1n) is 10.5. The maximum Gasteiger partial charge on any atom is 0.227 e. The number of rotatable bonds is 7. The summed E-state index contributed by atoms with van der Waals surface area (Å²) in [5.74, 6) is 1.59. The number of aromatic nitrogens is 2. The van der Waals surface area contributed by atoms with Crippen LogP contribution < -0.4 is 14.4 Å². The van der Waals surface area contributed by atoms with Crippen LogP contribution in [0.25, 0.3) is 11.4 Å². The fourth-order valence-corrected chi connectivity index (χ4v) is 4.20. The third-order valence-electron chi connectivity index (χ3n) is 5.16. The maximum absolute atomic E-state index is 13.3. The minimum atomic E-state index is -0.335. The van der Waals surface area contributed by atoms with Crippen molar-refractivity contribution in [2.24, 2.45) is 0 Å². The van der Waals surface area contributed by atoms with Crippen molar-refractivity contribution in [2.45, 2.75) is 19.4 Å². The molecule has 2 aromatic carbocycles. The zero-order valence-electron chi connectivity index (χ0n) is 17.6. The predicted molar refractivity (Wildman–Crippen MR) is 121 cm³/mol. The Balaban J connectivity index is 1.32. The predicted octanol–water partition coefficient (Wildman–Crippen LogP) is 4.87. The molecule has 0 fully saturated rings. The fourth-order valence-electron chi connectivity index (χ4n) is 3.50. The molecule has 1 aliphatic rings. The first kappa shape index (κ1) is 21.1. The molecule has 0 N–H and O–H groups in total. The van der Waals surface area contributed by atoms with Crippen molar-refractivity contribution in [3.63, 3.8) is 0 Å². The lowest BCUT2D eigenvalue weighted by molar-refractivity contribution is -0.118. The van der Waals surface area contributed by atoms with Crippen LogP contribution in [0, 0.1) is 5.82 Å². The molecule has 3 heterocycles. The number of thiophene rings is 1. The van der Waals surface area contributed by atoms with E-state index in [1.165, 1.54) is 12.1 Å². The molecule has 7 nitrogen and oxygen atoms in total. The van der Waals surface area contributed by atoms with Gasteiger partial charge in [-0.3, -0.25) is 4.79 Å². The topological polar surface area (TPSA) is 77.7 Å². The van der Waals surface area contributed by atoms with Crippen LogP contribution in [0.15, 0.2) is 64.5 Å². The van der Waals surface area contributed by atoms with E-state index >= 15 is 0 Å². The second-order valence-corrected chi connectivity index (χ2v) is 8.44. The van der Waals surface area contributed by atoms with Gasteiger partial charge in [0.1, 0.15) is 19.0 Å². The third kappa shape index (κ3) is 4.88. The molecule has 2 aromatic heterocycles. The number of nitrogens with zero attached hydrogens (tertiary/aromatic N) is 3. The molecular formula is C24H20FN3O4S. The summed E-state index contributed by atoms with van der Waals surface area (Å²) in [6.07, 6.45) is 0.476. The first-order chi connectivity index (χ1) is 16.2. The van der Waals surface area contributed by atoms with Gasteiger partial charge in [0, 0.05) is 35.0 Å². The molecule has 0 radical (unpaired) electrons. The highest BCUT2D eigenvalue weighted by molar-refractivity contribution is 7.09. The SMILES string of the molecule is O=C(CCc1nc(-c2ccc(F)cc2)no1)N(Cc1cccs1)c1ccc2c(c1)OCCO2. The Morgan fingerprint density at radius 1 is 1.06 bits per heavy atom. The van der Waals surface area contributed by atoms with E-state index in [1.54, 1.807) is 28.4 Å². The monoisotopic (exact) mass is 465 g/mol. The molecule has 33 heavy (non-hydrogen) atoms. The number of carbonyl (C=O) groups is 1. The van der Waals surface area contributed by atoms with E-state index in [0.717, 1.165) is 10.6 Å². The summed E-state index contributed by atoms with van der Waals surface area (Å²) in [5, 5.41) is 5.93. The molecule has 0 saturated heterocycles. The van der Waals surface area contributed by atoms with Gasteiger partial charge in [-0.05, 0) is 47.8 Å². The van der Waals surface area contributed by atoms with E-state index in [0.29, 0.717) is 55.0 Å². The molecule has 168 valence electrons. The number of aryl methyl sites for hydroxylation is 1. The number of anilines is 1. The third-order valence-corrected chi connectivity index (χ3v) is 6.02. The molecular weight excluding hydrogens is 445 g/mol. The van der Waals surface area contributed by atoms with Crippen LogP contribution in [-0.4, -0.2) is 29.3 Å². The second kappa shape index (κ2) is 9.41. The molecule has 9 heteroatoms. The number of hydrogen-bond acceptors (Lipinski definition) is 7. The molecule has 0 atom stereocenters. The normalized spacial score (nSPS) is 12.5. The number of benzene rings is 2. The first-order valence-corrected chi connectivity index (χ1v) is 11.3. The number of carbonyl (C=O) groups excluding carboxylic acids is 1. The Kier molecular flexibility index (Phi) is 6.03. The van der Waals surface area contributed by atoms with Crippen LogP contribution in [0.1, 0.15) is 17.2 Å². The Morgan fingerprint density at radius 3 is 2.67 bits per heavy atom. The van der Waals surface area contributed by atoms with Crippen molar-refractivity contribution < 1.29 is 23.2 Å². The Bertz CT molecular complexity index is 1240. The van der Waals surface area contributed by atoms with Gasteiger partial charge in [0.25, 0.3) is 0 Å². The molecule has 0 aliphatic carbocycles. The van der Waals surface area contributed by atoms with Crippen LogP contribution in [0.3, 0.4) is 0 Å². The van der Waals surface area contributed by atoms with Crippen molar-refractivity contribution in [1.29, 1.82) is 0 Å². The van der Waals surface area contributed by atoms with Crippen LogP contribution in [0.2, 0.25) is 0 Å². The van der Waals surface area contributed by atoms with Crippen LogP contribution >= 0.6 is 11.3 Å². The molecule has 0 unspecified atom stereocenters. The Labute approximate surface area is 193 Å². The van der Waals surface area contributed by atoms with Crippen molar-refractivity contribution in [2.75, 3.05) is 18.1 Å². The van der Waals surface area contributed by atoms with Gasteiger partial charge in [-0.15, -0.1) is 11.3 Å². The largest absolute Gasteiger partial charge is 0.486 e. The number of halogens is 1. The molecule has 5 rings (SSSR count). The maximum atomic E-state index is 13.3. The number of amides is 1. The van der Waals surface area contributed by atoms with Gasteiger partial charge in [0.05, 0.1) is 6.54 Å². The van der Waals surface area contributed by atoms with Gasteiger partial charge in [-0.1, -0.05) is 11.2 Å². The van der Waals surface area contributed by atoms with Gasteiger partial charge in [-0.25, -0.2) is 4.39 Å². The highest BCUT2D eigenvalue weighted by Gasteiger charge is 2.21. The van der Waals surface area contributed by atoms with E-state index in [1.807, 2.05) is 35.7 Å². The van der Waals surface area contributed by atoms with Crippen LogP contribution in [-0.2, 0) is 17.8 Å². The Morgan fingerprint density at radius 2 is 1.88 bits per heavy atom. The lowest BCUT2D eigenvalue weighted by atomic mass is 10.2. The average molecular weight is 466 g/mol. The Hall–Kier alpha value is -3.72. The van der Waals surface area contributed by atoms with Gasteiger partial charge < -0.3 is 18.9 Å². The lowest BCUT2D eigenvalue weighted by Gasteiger charge is -2.25. The highest BCUT2D eigenvalue weighted by atomic mass is 32.1. The van der Waals surface area contributed by atoms with Gasteiger partial charge >= 0.3 is 0 Å². The van der Waals surface area contributed by atoms with Gasteiger partial charge in [-0.2, -0.15) is 4.98 Å². The van der Waals surface area contributed by atoms with E-state index in [4.69, 9.17) is 14.0 Å². The van der Waals surface area contributed by atoms with E-state index in [2.05, 4.69) is 10.1 Å². The summed E-state index contributed by atoms with van der Waals surface area (Å²) >= 11 is 1.59. The summed E-state index contributed by atoms with van der Waals surface area (Å²) in [6.45, 7) is 1.43. The summed E-state index contributed by atoms with van der Waals surface area (Å²) in [5.41, 5.74) is 1.38. The lowest BCUT2D eigenvalue weighted by Crippen LogP contribution is -2.30. The fraction of sp³-hybridized carbons (Fsp3) is 0.208. The summed E-state index contributed by atoms with van der Waals surface area (Å²) in [7, 11) is 0. The number of ether oxygens (including phenoxy) is 2. The van der Waals surface area contributed by atoms with Crippen molar-refractivity contribution in [1.82, 2.24) is 10.1 Å². The van der Waals surface area contributed by atoms with Crippen molar-refractivity contribution in [3.05, 3.63) is 76.6 Å². The number of fused-ring (bicyclic) bond motifs is 1. The van der Waals surface area contributed by atoms with Crippen LogP contribution in [0.4, 0.5) is 10.1 Å². The summed E-state index contributed by atoms with van der Waals surface area (Å²) < 4.78 is 29.7. The standard InChI is InChI=1S/C24H20FN3O4S/c25-17-5-3-16(4-6-17)24-26-22(32-27-24)9-10-23(29)28(15-19-2-1-13-33-19)18-7-8-20-21(14-18)31-12-11-30-20/h1-8,13-14H,9-12,15H2. The number of hydrogen-bond donors (Lipinski definition) is 0. The minimum absolute atomic E-state index is 0.0818. The minimum Gasteiger partial charge on any atom is -0.486 e. The second-order valence-electron chi connectivity index (χ2n) is 7.41. The van der Waals surface area contributed by atoms with E-state index < -0.39 is 0 Å². The zero-order chi connectivity index (χ0) is 22.6. The van der Waals surface area contributed by atoms with Crippen molar-refractivity contribution >= 4 is 22.9 Å². The quantitative estimate of drug-likeness (QED) is 0.387. The van der Waals surface area contributed by atoms with E-state index in [9.17, 15) is 9.18 Å². The molecule has 1 aliphatic heterocycles.